The molecule has 1 fully saturated rings. The Kier molecular flexibility index (Phi) is 7.64. The minimum Gasteiger partial charge on any atom is -0.460 e. The molecule has 1 aliphatic rings. The Balaban J connectivity index is 1.16. The van der Waals surface area contributed by atoms with Gasteiger partial charge < -0.3 is 10.1 Å². The summed E-state index contributed by atoms with van der Waals surface area (Å²) in [7, 11) is 0. The second-order valence-corrected chi connectivity index (χ2v) is 11.0. The third-order valence-electron chi connectivity index (χ3n) is 7.40. The number of hydrogen-bond donors (Lipinski definition) is 1. The third-order valence-corrected chi connectivity index (χ3v) is 8.31. The number of carbonyl (C=O) groups excluding carboxylic acids is 2. The molecule has 1 amide bonds. The summed E-state index contributed by atoms with van der Waals surface area (Å²) in [5.41, 5.74) is 4.48. The van der Waals surface area contributed by atoms with Gasteiger partial charge in [0.15, 0.2) is 0 Å². The van der Waals surface area contributed by atoms with E-state index in [9.17, 15) is 9.59 Å². The van der Waals surface area contributed by atoms with Gasteiger partial charge >= 0.3 is 5.97 Å². The highest BCUT2D eigenvalue weighted by molar-refractivity contribution is 7.13. The molecule has 40 heavy (non-hydrogen) atoms. The van der Waals surface area contributed by atoms with Gasteiger partial charge in [-0.3, -0.25) is 14.6 Å². The van der Waals surface area contributed by atoms with Crippen molar-refractivity contribution in [1.29, 1.82) is 0 Å². The normalized spacial score (nSPS) is 13.9. The van der Waals surface area contributed by atoms with Crippen LogP contribution in [0.2, 0.25) is 0 Å². The molecule has 1 saturated carbocycles. The molecule has 1 aliphatic carbocycles. The lowest BCUT2D eigenvalue weighted by molar-refractivity contribution is -0.148. The molecule has 5 aromatic rings. The number of rotatable bonds is 9. The third kappa shape index (κ3) is 5.95. The maximum absolute atomic E-state index is 13.2. The van der Waals surface area contributed by atoms with Gasteiger partial charge in [-0.15, -0.1) is 11.3 Å². The summed E-state index contributed by atoms with van der Waals surface area (Å²) in [6, 6.07) is 25.2. The minimum atomic E-state index is -0.765. The number of nitrogens with zero attached hydrogens (tertiary/aromatic N) is 2. The average Bonchev–Trinajstić information content (AvgIpc) is 3.44. The van der Waals surface area contributed by atoms with E-state index < -0.39 is 11.9 Å². The van der Waals surface area contributed by atoms with E-state index in [1.54, 1.807) is 35.9 Å². The molecule has 3 aromatic carbocycles. The molecule has 2 aromatic heterocycles. The van der Waals surface area contributed by atoms with Crippen molar-refractivity contribution in [3.05, 3.63) is 113 Å². The van der Waals surface area contributed by atoms with Crippen molar-refractivity contribution in [3.8, 4) is 10.6 Å². The first-order chi connectivity index (χ1) is 19.6. The SMILES string of the molecule is O=C(CC(C(=O)OCc1ccccc1)c1cccnc1)Nc1ccc2ccc(-c3nc(C4CCC4)cs3)cc2c1. The monoisotopic (exact) mass is 547 g/mol. The van der Waals surface area contributed by atoms with E-state index in [2.05, 4.69) is 33.9 Å². The predicted octanol–water partition coefficient (Wildman–Crippen LogP) is 7.48. The van der Waals surface area contributed by atoms with Gasteiger partial charge in [0.25, 0.3) is 0 Å². The first-order valence-corrected chi connectivity index (χ1v) is 14.4. The second-order valence-electron chi connectivity index (χ2n) is 10.2. The Labute approximate surface area is 237 Å². The maximum atomic E-state index is 13.2. The topological polar surface area (TPSA) is 81.2 Å². The van der Waals surface area contributed by atoms with E-state index in [1.807, 2.05) is 48.5 Å². The highest BCUT2D eigenvalue weighted by Crippen LogP contribution is 2.38. The number of esters is 1. The largest absolute Gasteiger partial charge is 0.460 e. The van der Waals surface area contributed by atoms with E-state index in [-0.39, 0.29) is 18.9 Å². The van der Waals surface area contributed by atoms with Crippen LogP contribution in [0.25, 0.3) is 21.3 Å². The molecule has 2 heterocycles. The van der Waals surface area contributed by atoms with E-state index in [0.29, 0.717) is 17.2 Å². The lowest BCUT2D eigenvalue weighted by atomic mass is 9.83. The Morgan fingerprint density at radius 3 is 2.60 bits per heavy atom. The molecule has 7 heteroatoms. The molecule has 200 valence electrons. The number of benzene rings is 3. The van der Waals surface area contributed by atoms with Gasteiger partial charge in [0.05, 0.1) is 11.6 Å². The van der Waals surface area contributed by atoms with Crippen LogP contribution in [0.4, 0.5) is 5.69 Å². The highest BCUT2D eigenvalue weighted by Gasteiger charge is 2.26. The zero-order valence-electron chi connectivity index (χ0n) is 22.0. The van der Waals surface area contributed by atoms with Gasteiger partial charge in [0.2, 0.25) is 5.91 Å². The predicted molar refractivity (Wildman–Crippen MR) is 158 cm³/mol. The van der Waals surface area contributed by atoms with Crippen LogP contribution >= 0.6 is 11.3 Å². The van der Waals surface area contributed by atoms with E-state index in [0.717, 1.165) is 26.9 Å². The van der Waals surface area contributed by atoms with Gasteiger partial charge in [-0.1, -0.05) is 61.0 Å². The number of hydrogen-bond acceptors (Lipinski definition) is 6. The summed E-state index contributed by atoms with van der Waals surface area (Å²) in [5.74, 6) is -0.886. The number of pyridine rings is 1. The van der Waals surface area contributed by atoms with E-state index in [4.69, 9.17) is 9.72 Å². The number of anilines is 1. The second kappa shape index (κ2) is 11.8. The Bertz CT molecular complexity index is 1630. The quantitative estimate of drug-likeness (QED) is 0.194. The summed E-state index contributed by atoms with van der Waals surface area (Å²) < 4.78 is 5.58. The lowest BCUT2D eigenvalue weighted by Crippen LogP contribution is -2.23. The molecular formula is C33H29N3O3S. The van der Waals surface area contributed by atoms with Crippen molar-refractivity contribution in [2.24, 2.45) is 0 Å². The fraction of sp³-hybridized carbons (Fsp3) is 0.212. The summed E-state index contributed by atoms with van der Waals surface area (Å²) in [6.45, 7) is 0.145. The van der Waals surface area contributed by atoms with Crippen LogP contribution < -0.4 is 5.32 Å². The molecule has 0 spiro atoms. The molecule has 0 bridgehead atoms. The molecule has 1 N–H and O–H groups in total. The van der Waals surface area contributed by atoms with E-state index >= 15 is 0 Å². The summed E-state index contributed by atoms with van der Waals surface area (Å²) in [4.78, 5) is 35.3. The number of ether oxygens (including phenoxy) is 1. The van der Waals surface area contributed by atoms with Gasteiger partial charge in [0.1, 0.15) is 11.6 Å². The van der Waals surface area contributed by atoms with Gasteiger partial charge in [-0.2, -0.15) is 0 Å². The summed E-state index contributed by atoms with van der Waals surface area (Å²) >= 11 is 1.68. The van der Waals surface area contributed by atoms with Crippen LogP contribution in [0, 0.1) is 0 Å². The van der Waals surface area contributed by atoms with Gasteiger partial charge in [0, 0.05) is 41.4 Å². The fourth-order valence-corrected chi connectivity index (χ4v) is 5.81. The van der Waals surface area contributed by atoms with Crippen LogP contribution in [0.15, 0.2) is 96.6 Å². The smallest absolute Gasteiger partial charge is 0.314 e. The molecule has 0 aliphatic heterocycles. The molecule has 6 rings (SSSR count). The summed E-state index contributed by atoms with van der Waals surface area (Å²) in [5, 5.41) is 8.27. The van der Waals surface area contributed by atoms with Crippen LogP contribution in [0.1, 0.15) is 54.3 Å². The molecule has 0 saturated heterocycles. The maximum Gasteiger partial charge on any atom is 0.314 e. The molecule has 1 atom stereocenters. The molecule has 1 unspecified atom stereocenters. The first kappa shape index (κ1) is 25.9. The van der Waals surface area contributed by atoms with Crippen LogP contribution in [-0.2, 0) is 20.9 Å². The van der Waals surface area contributed by atoms with Crippen LogP contribution in [-0.4, -0.2) is 21.8 Å². The highest BCUT2D eigenvalue weighted by atomic mass is 32.1. The average molecular weight is 548 g/mol. The van der Waals surface area contributed by atoms with Crippen LogP contribution in [0.3, 0.4) is 0 Å². The fourth-order valence-electron chi connectivity index (χ4n) is 4.91. The standard InChI is InChI=1S/C33H29N3O3S/c37-31(18-29(26-10-5-15-34-19-26)33(38)39-20-22-6-2-1-3-7-22)35-28-14-13-23-11-12-25(16-27(23)17-28)32-36-30(21-40-32)24-8-4-9-24/h1-3,5-7,10-17,19,21,24,29H,4,8-9,18,20H2,(H,35,37). The first-order valence-electron chi connectivity index (χ1n) is 13.5. The van der Waals surface area contributed by atoms with Crippen molar-refractivity contribution in [3.63, 3.8) is 0 Å². The summed E-state index contributed by atoms with van der Waals surface area (Å²) in [6.07, 6.45) is 6.94. The number of fused-ring (bicyclic) bond motifs is 1. The van der Waals surface area contributed by atoms with Crippen molar-refractivity contribution in [2.45, 2.75) is 44.1 Å². The Morgan fingerprint density at radius 2 is 1.82 bits per heavy atom. The van der Waals surface area contributed by atoms with Gasteiger partial charge in [-0.25, -0.2) is 4.98 Å². The van der Waals surface area contributed by atoms with E-state index in [1.165, 1.54) is 25.0 Å². The minimum absolute atomic E-state index is 0.0551. The molecule has 6 nitrogen and oxygen atoms in total. The number of thiazole rings is 1. The number of carbonyl (C=O) groups is 2. The van der Waals surface area contributed by atoms with Crippen molar-refractivity contribution >= 4 is 39.7 Å². The number of amides is 1. The van der Waals surface area contributed by atoms with Crippen molar-refractivity contribution in [2.75, 3.05) is 5.32 Å². The molecule has 0 radical (unpaired) electrons. The zero-order valence-corrected chi connectivity index (χ0v) is 22.8. The Hall–Kier alpha value is -4.36. The number of aromatic nitrogens is 2. The zero-order chi connectivity index (χ0) is 27.3. The molecular weight excluding hydrogens is 518 g/mol. The van der Waals surface area contributed by atoms with Crippen molar-refractivity contribution in [1.82, 2.24) is 9.97 Å². The van der Waals surface area contributed by atoms with Crippen molar-refractivity contribution < 1.29 is 14.3 Å². The lowest BCUT2D eigenvalue weighted by Gasteiger charge is -2.22. The van der Waals surface area contributed by atoms with Gasteiger partial charge in [-0.05, 0) is 59.0 Å². The number of nitrogens with one attached hydrogen (secondary N) is 1. The van der Waals surface area contributed by atoms with Crippen LogP contribution in [0.5, 0.6) is 0 Å². The Morgan fingerprint density at radius 1 is 0.975 bits per heavy atom.